The van der Waals surface area contributed by atoms with Crippen LogP contribution in [0.1, 0.15) is 37.1 Å². The zero-order chi connectivity index (χ0) is 26.2. The van der Waals surface area contributed by atoms with Gasteiger partial charge in [0.2, 0.25) is 15.2 Å². The van der Waals surface area contributed by atoms with Crippen LogP contribution >= 0.6 is 11.3 Å². The monoisotopic (exact) mass is 558 g/mol. The van der Waals surface area contributed by atoms with Gasteiger partial charge >= 0.3 is 0 Å². The Morgan fingerprint density at radius 1 is 1.18 bits per heavy atom. The second kappa shape index (κ2) is 8.34. The van der Waals surface area contributed by atoms with Crippen LogP contribution in [-0.4, -0.2) is 64.0 Å². The van der Waals surface area contributed by atoms with E-state index in [4.69, 9.17) is 4.74 Å². The number of anilines is 1. The first kappa shape index (κ1) is 23.8. The van der Waals surface area contributed by atoms with Crippen LogP contribution < -0.4 is 9.62 Å². The number of nitrogens with zero attached hydrogens (tertiary/aromatic N) is 7. The number of halogens is 2. The van der Waals surface area contributed by atoms with E-state index in [-0.39, 0.29) is 22.2 Å². The van der Waals surface area contributed by atoms with Crippen LogP contribution in [0.15, 0.2) is 29.4 Å². The molecule has 196 valence electrons. The number of alkyl halides is 2. The Morgan fingerprint density at radius 3 is 2.61 bits per heavy atom. The summed E-state index contributed by atoms with van der Waals surface area (Å²) in [6.07, 6.45) is 1.61. The summed E-state index contributed by atoms with van der Waals surface area (Å²) in [6, 6.07) is 6.60. The van der Waals surface area contributed by atoms with E-state index in [1.807, 2.05) is 6.07 Å². The summed E-state index contributed by atoms with van der Waals surface area (Å²) in [5.74, 6) is 0.660. The predicted octanol–water partition coefficient (Wildman–Crippen LogP) is 3.06. The highest BCUT2D eigenvalue weighted by Gasteiger charge is 2.47. The van der Waals surface area contributed by atoms with Crippen molar-refractivity contribution >= 4 is 49.1 Å². The van der Waals surface area contributed by atoms with Gasteiger partial charge in [0.15, 0.2) is 10.7 Å². The smallest absolute Gasteiger partial charge is 0.291 e. The summed E-state index contributed by atoms with van der Waals surface area (Å²) in [5, 5.41) is 18.0. The first-order valence-corrected chi connectivity index (χ1v) is 14.3. The fourth-order valence-corrected chi connectivity index (χ4v) is 7.38. The van der Waals surface area contributed by atoms with Gasteiger partial charge in [-0.15, -0.1) is 10.2 Å². The maximum absolute atomic E-state index is 13.4. The number of nitriles is 1. The van der Waals surface area contributed by atoms with Gasteiger partial charge in [-0.25, -0.2) is 27.2 Å². The zero-order valence-corrected chi connectivity index (χ0v) is 21.3. The normalized spacial score (nSPS) is 22.4. The van der Waals surface area contributed by atoms with Crippen molar-refractivity contribution in [2.24, 2.45) is 0 Å². The molecule has 2 bridgehead atoms. The number of sulfonamides is 1. The first-order valence-electron chi connectivity index (χ1n) is 12.0. The van der Waals surface area contributed by atoms with Crippen molar-refractivity contribution in [2.75, 3.05) is 18.0 Å². The fraction of sp³-hybridized carbons (Fsp3) is 0.435. The minimum Gasteiger partial charge on any atom is -0.371 e. The van der Waals surface area contributed by atoms with Crippen molar-refractivity contribution in [3.05, 3.63) is 29.5 Å². The lowest BCUT2D eigenvalue weighted by atomic mass is 10.2. The Balaban J connectivity index is 1.44. The summed E-state index contributed by atoms with van der Waals surface area (Å²) in [7, 11) is -4.04. The molecule has 1 N–H and O–H groups in total. The highest BCUT2D eigenvalue weighted by Crippen LogP contribution is 2.41. The largest absolute Gasteiger partial charge is 0.371 e. The molecule has 2 atom stereocenters. The van der Waals surface area contributed by atoms with Crippen molar-refractivity contribution in [3.63, 3.8) is 0 Å². The number of hydrogen-bond acceptors (Lipinski definition) is 10. The van der Waals surface area contributed by atoms with Crippen LogP contribution in [0.2, 0.25) is 0 Å². The molecule has 1 aliphatic carbocycles. The number of aromatic nitrogens is 5. The molecule has 3 fully saturated rings. The van der Waals surface area contributed by atoms with Crippen molar-refractivity contribution < 1.29 is 21.9 Å². The number of rotatable bonds is 6. The zero-order valence-electron chi connectivity index (χ0n) is 19.7. The maximum atomic E-state index is 13.4. The van der Waals surface area contributed by atoms with Crippen LogP contribution in [0.5, 0.6) is 0 Å². The van der Waals surface area contributed by atoms with E-state index in [1.165, 1.54) is 18.5 Å². The van der Waals surface area contributed by atoms with E-state index in [0.717, 1.165) is 12.8 Å². The number of hydrogen-bond donors (Lipinski definition) is 1. The minimum absolute atomic E-state index is 0.0619. The van der Waals surface area contributed by atoms with E-state index in [9.17, 15) is 22.5 Å². The van der Waals surface area contributed by atoms with Gasteiger partial charge in [-0.05, 0) is 37.8 Å². The Kier molecular flexibility index (Phi) is 5.22. The lowest BCUT2D eigenvalue weighted by Crippen LogP contribution is -2.43. The number of fused-ring (bicyclic) bond motifs is 5. The molecule has 3 aliphatic rings. The van der Waals surface area contributed by atoms with Gasteiger partial charge in [0.05, 0.1) is 34.1 Å². The first-order chi connectivity index (χ1) is 18.3. The van der Waals surface area contributed by atoms with Gasteiger partial charge in [0, 0.05) is 18.5 Å². The van der Waals surface area contributed by atoms with Crippen LogP contribution in [0.25, 0.3) is 27.1 Å². The van der Waals surface area contributed by atoms with Gasteiger partial charge in [-0.2, -0.15) is 9.98 Å². The molecule has 1 saturated carbocycles. The number of morpholine rings is 1. The van der Waals surface area contributed by atoms with E-state index >= 15 is 0 Å². The van der Waals surface area contributed by atoms with Gasteiger partial charge in [-0.1, -0.05) is 17.4 Å². The van der Waals surface area contributed by atoms with Crippen molar-refractivity contribution in [2.45, 2.75) is 54.8 Å². The summed E-state index contributed by atoms with van der Waals surface area (Å²) in [5.41, 5.74) is -0.293. The molecule has 5 heterocycles. The Labute approximate surface area is 219 Å². The Hall–Kier alpha value is -3.32. The molecule has 4 aromatic rings. The molecule has 2 saturated heterocycles. The topological polar surface area (TPSA) is 139 Å². The van der Waals surface area contributed by atoms with Crippen molar-refractivity contribution in [1.82, 2.24) is 29.5 Å². The van der Waals surface area contributed by atoms with E-state index in [1.54, 1.807) is 10.6 Å². The average molecular weight is 559 g/mol. The molecule has 1 aromatic carbocycles. The highest BCUT2D eigenvalue weighted by molar-refractivity contribution is 7.89. The highest BCUT2D eigenvalue weighted by atomic mass is 32.2. The lowest BCUT2D eigenvalue weighted by molar-refractivity contribution is 0.0303. The number of ether oxygens (including phenoxy) is 1. The van der Waals surface area contributed by atoms with Crippen LogP contribution in [-0.2, 0) is 14.8 Å². The molecule has 11 nitrogen and oxygen atoms in total. The van der Waals surface area contributed by atoms with Gasteiger partial charge in [0.1, 0.15) is 17.7 Å². The standard InChI is InChI=1S/C23H20F2N8O3S2/c24-18(25)21-29-30-22(37-21)33-16-7-14(38(34,35)31-23(10-26)5-6-23)3-4-15(16)17-19(27-11-28-20(17)33)32-8-12-1-2-13(9-32)36-12/h3-4,7,11-13,18,31H,1-2,5-6,8-9H2. The lowest BCUT2D eigenvalue weighted by Gasteiger charge is -2.33. The molecular formula is C23H20F2N8O3S2. The Morgan fingerprint density at radius 2 is 1.95 bits per heavy atom. The van der Waals surface area contributed by atoms with Crippen LogP contribution in [0, 0.1) is 11.3 Å². The van der Waals surface area contributed by atoms with E-state index in [0.29, 0.717) is 65.0 Å². The number of nitrogens with one attached hydrogen (secondary N) is 1. The third kappa shape index (κ3) is 3.74. The third-order valence-corrected chi connectivity index (χ3v) is 9.70. The number of benzene rings is 1. The van der Waals surface area contributed by atoms with Crippen molar-refractivity contribution in [3.8, 4) is 11.2 Å². The summed E-state index contributed by atoms with van der Waals surface area (Å²) < 4.78 is 63.2. The van der Waals surface area contributed by atoms with Gasteiger partial charge < -0.3 is 9.64 Å². The van der Waals surface area contributed by atoms with E-state index < -0.39 is 27.0 Å². The summed E-state index contributed by atoms with van der Waals surface area (Å²) >= 11 is 0.706. The van der Waals surface area contributed by atoms with Crippen LogP contribution in [0.3, 0.4) is 0 Å². The molecule has 0 radical (unpaired) electrons. The molecule has 7 rings (SSSR count). The Bertz CT molecular complexity index is 1730. The summed E-state index contributed by atoms with van der Waals surface area (Å²) in [4.78, 5) is 11.1. The van der Waals surface area contributed by atoms with Crippen LogP contribution in [0.4, 0.5) is 14.6 Å². The molecule has 3 aromatic heterocycles. The average Bonchev–Trinajstić information content (AvgIpc) is 3.21. The molecule has 15 heteroatoms. The fourth-order valence-electron chi connectivity index (χ4n) is 5.27. The maximum Gasteiger partial charge on any atom is 0.291 e. The molecule has 38 heavy (non-hydrogen) atoms. The predicted molar refractivity (Wildman–Crippen MR) is 133 cm³/mol. The molecular weight excluding hydrogens is 538 g/mol. The second-order valence-electron chi connectivity index (χ2n) is 9.80. The summed E-state index contributed by atoms with van der Waals surface area (Å²) in [6.45, 7) is 1.30. The van der Waals surface area contributed by atoms with E-state index in [2.05, 4.69) is 29.8 Å². The van der Waals surface area contributed by atoms with Gasteiger partial charge in [0.25, 0.3) is 6.43 Å². The quantitative estimate of drug-likeness (QED) is 0.378. The third-order valence-electron chi connectivity index (χ3n) is 7.25. The molecule has 0 spiro atoms. The minimum atomic E-state index is -4.04. The second-order valence-corrected chi connectivity index (χ2v) is 12.5. The molecule has 2 unspecified atom stereocenters. The molecule has 2 aliphatic heterocycles. The SMILES string of the molecule is N#CC1(NS(=O)(=O)c2ccc3c4c(N5CC6CCC(C5)O6)ncnc4n(-c4nnc(C(F)F)s4)c3c2)CC1. The molecule has 0 amide bonds. The van der Waals surface area contributed by atoms with Crippen molar-refractivity contribution in [1.29, 1.82) is 5.26 Å². The van der Waals surface area contributed by atoms with Gasteiger partial charge in [-0.3, -0.25) is 4.57 Å².